The van der Waals surface area contributed by atoms with Crippen molar-refractivity contribution in [1.29, 1.82) is 0 Å². The summed E-state index contributed by atoms with van der Waals surface area (Å²) in [4.78, 5) is 2.27. The smallest absolute Gasteiger partial charge is 0.387 e. The molecule has 0 spiro atoms. The summed E-state index contributed by atoms with van der Waals surface area (Å²) in [6.07, 6.45) is 0. The van der Waals surface area contributed by atoms with Crippen molar-refractivity contribution in [1.82, 2.24) is 10.2 Å². The molecular formula is C13H18F2N2O. The minimum Gasteiger partial charge on any atom is -0.434 e. The molecule has 1 aliphatic heterocycles. The second-order valence-electron chi connectivity index (χ2n) is 4.38. The molecule has 1 N–H and O–H groups in total. The van der Waals surface area contributed by atoms with E-state index in [4.69, 9.17) is 0 Å². The van der Waals surface area contributed by atoms with Gasteiger partial charge < -0.3 is 10.1 Å². The number of piperazine rings is 1. The van der Waals surface area contributed by atoms with Crippen molar-refractivity contribution in [3.05, 3.63) is 29.8 Å². The van der Waals surface area contributed by atoms with Gasteiger partial charge in [0, 0.05) is 37.8 Å². The highest BCUT2D eigenvalue weighted by Gasteiger charge is 2.21. The Morgan fingerprint density at radius 1 is 1.22 bits per heavy atom. The number of nitrogens with one attached hydrogen (secondary N) is 1. The molecule has 1 aromatic carbocycles. The maximum absolute atomic E-state index is 12.4. The summed E-state index contributed by atoms with van der Waals surface area (Å²) < 4.78 is 29.3. The molecule has 100 valence electrons. The van der Waals surface area contributed by atoms with Crippen molar-refractivity contribution >= 4 is 0 Å². The van der Waals surface area contributed by atoms with Crippen molar-refractivity contribution in [2.75, 3.05) is 26.2 Å². The van der Waals surface area contributed by atoms with E-state index in [9.17, 15) is 8.78 Å². The third-order valence-electron chi connectivity index (χ3n) is 3.28. The van der Waals surface area contributed by atoms with E-state index in [0.29, 0.717) is 0 Å². The van der Waals surface area contributed by atoms with Crippen LogP contribution in [0.1, 0.15) is 18.5 Å². The fourth-order valence-electron chi connectivity index (χ4n) is 2.30. The van der Waals surface area contributed by atoms with Crippen molar-refractivity contribution in [3.8, 4) is 5.75 Å². The van der Waals surface area contributed by atoms with Crippen molar-refractivity contribution < 1.29 is 13.5 Å². The highest BCUT2D eigenvalue weighted by Crippen LogP contribution is 2.30. The number of alkyl halides is 2. The Morgan fingerprint density at radius 3 is 2.56 bits per heavy atom. The predicted molar refractivity (Wildman–Crippen MR) is 65.9 cm³/mol. The van der Waals surface area contributed by atoms with Crippen LogP contribution in [0, 0.1) is 0 Å². The van der Waals surface area contributed by atoms with E-state index in [1.807, 2.05) is 19.1 Å². The molecule has 1 heterocycles. The van der Waals surface area contributed by atoms with Crippen LogP contribution in [0.3, 0.4) is 0 Å². The highest BCUT2D eigenvalue weighted by molar-refractivity contribution is 5.35. The standard InChI is InChI=1S/C13H18F2N2O/c1-10(17-8-6-16-7-9-17)11-4-2-3-5-12(11)18-13(14)15/h2-5,10,13,16H,6-9H2,1H3. The van der Waals surface area contributed by atoms with Gasteiger partial charge in [-0.1, -0.05) is 18.2 Å². The summed E-state index contributed by atoms with van der Waals surface area (Å²) in [5.41, 5.74) is 0.819. The average molecular weight is 256 g/mol. The molecule has 1 fully saturated rings. The molecule has 0 aliphatic carbocycles. The van der Waals surface area contributed by atoms with Gasteiger partial charge in [-0.05, 0) is 13.0 Å². The summed E-state index contributed by atoms with van der Waals surface area (Å²) in [5, 5.41) is 3.27. The Balaban J connectivity index is 2.15. The molecule has 1 unspecified atom stereocenters. The number of benzene rings is 1. The summed E-state index contributed by atoms with van der Waals surface area (Å²) >= 11 is 0. The van der Waals surface area contributed by atoms with Crippen molar-refractivity contribution in [2.45, 2.75) is 19.6 Å². The molecule has 1 aliphatic rings. The number of ether oxygens (including phenoxy) is 1. The Morgan fingerprint density at radius 2 is 1.89 bits per heavy atom. The number of rotatable bonds is 4. The first-order chi connectivity index (χ1) is 8.68. The SMILES string of the molecule is CC(c1ccccc1OC(F)F)N1CCNCC1. The van der Waals surface area contributed by atoms with Gasteiger partial charge in [0.2, 0.25) is 0 Å². The van der Waals surface area contributed by atoms with Crippen LogP contribution in [0.15, 0.2) is 24.3 Å². The molecule has 1 aromatic rings. The number of hydrogen-bond donors (Lipinski definition) is 1. The van der Waals surface area contributed by atoms with Crippen LogP contribution in [0.5, 0.6) is 5.75 Å². The lowest BCUT2D eigenvalue weighted by atomic mass is 10.1. The first kappa shape index (κ1) is 13.2. The molecule has 0 amide bonds. The molecule has 0 bridgehead atoms. The zero-order valence-corrected chi connectivity index (χ0v) is 10.4. The Kier molecular flexibility index (Phi) is 4.49. The summed E-state index contributed by atoms with van der Waals surface area (Å²) in [6.45, 7) is 2.96. The van der Waals surface area contributed by atoms with Gasteiger partial charge in [-0.15, -0.1) is 0 Å². The second-order valence-corrected chi connectivity index (χ2v) is 4.38. The molecule has 5 heteroatoms. The van der Waals surface area contributed by atoms with E-state index in [1.54, 1.807) is 12.1 Å². The third-order valence-corrected chi connectivity index (χ3v) is 3.28. The zero-order valence-electron chi connectivity index (χ0n) is 10.4. The highest BCUT2D eigenvalue weighted by atomic mass is 19.3. The lowest BCUT2D eigenvalue weighted by Crippen LogP contribution is -2.44. The first-order valence-electron chi connectivity index (χ1n) is 6.17. The quantitative estimate of drug-likeness (QED) is 0.894. The number of nitrogens with zero attached hydrogens (tertiary/aromatic N) is 1. The number of para-hydroxylation sites is 1. The summed E-state index contributed by atoms with van der Waals surface area (Å²) in [6, 6.07) is 7.10. The van der Waals surface area contributed by atoms with Crippen molar-refractivity contribution in [2.24, 2.45) is 0 Å². The van der Waals surface area contributed by atoms with Gasteiger partial charge in [0.15, 0.2) is 0 Å². The van der Waals surface area contributed by atoms with Crippen LogP contribution in [0.25, 0.3) is 0 Å². The number of halogens is 2. The average Bonchev–Trinajstić information content (AvgIpc) is 2.39. The van der Waals surface area contributed by atoms with E-state index in [2.05, 4.69) is 15.0 Å². The van der Waals surface area contributed by atoms with Gasteiger partial charge in [0.05, 0.1) is 0 Å². The maximum Gasteiger partial charge on any atom is 0.387 e. The Labute approximate surface area is 106 Å². The van der Waals surface area contributed by atoms with E-state index < -0.39 is 6.61 Å². The van der Waals surface area contributed by atoms with Gasteiger partial charge in [0.25, 0.3) is 0 Å². The molecular weight excluding hydrogens is 238 g/mol. The van der Waals surface area contributed by atoms with Gasteiger partial charge in [0.1, 0.15) is 5.75 Å². The first-order valence-corrected chi connectivity index (χ1v) is 6.17. The predicted octanol–water partition coefficient (Wildman–Crippen LogP) is 2.25. The summed E-state index contributed by atoms with van der Waals surface area (Å²) in [7, 11) is 0. The minimum atomic E-state index is -2.78. The van der Waals surface area contributed by atoms with Crippen LogP contribution in [0.4, 0.5) is 8.78 Å². The normalized spacial score (nSPS) is 18.9. The second kappa shape index (κ2) is 6.11. The van der Waals surface area contributed by atoms with Gasteiger partial charge in [-0.3, -0.25) is 4.90 Å². The van der Waals surface area contributed by atoms with Gasteiger partial charge >= 0.3 is 6.61 Å². The Hall–Kier alpha value is -1.20. The van der Waals surface area contributed by atoms with E-state index in [0.717, 1.165) is 31.7 Å². The fourth-order valence-corrected chi connectivity index (χ4v) is 2.30. The van der Waals surface area contributed by atoms with Gasteiger partial charge in [-0.25, -0.2) is 0 Å². The van der Waals surface area contributed by atoms with Crippen LogP contribution < -0.4 is 10.1 Å². The molecule has 1 atom stereocenters. The molecule has 3 nitrogen and oxygen atoms in total. The maximum atomic E-state index is 12.4. The topological polar surface area (TPSA) is 24.5 Å². The largest absolute Gasteiger partial charge is 0.434 e. The van der Waals surface area contributed by atoms with Crippen LogP contribution >= 0.6 is 0 Å². The van der Waals surface area contributed by atoms with Crippen LogP contribution in [0.2, 0.25) is 0 Å². The Bertz CT molecular complexity index is 381. The fraction of sp³-hybridized carbons (Fsp3) is 0.538. The lowest BCUT2D eigenvalue weighted by molar-refractivity contribution is -0.0511. The zero-order chi connectivity index (χ0) is 13.0. The van der Waals surface area contributed by atoms with Crippen LogP contribution in [-0.2, 0) is 0 Å². The molecule has 2 rings (SSSR count). The monoisotopic (exact) mass is 256 g/mol. The van der Waals surface area contributed by atoms with E-state index in [-0.39, 0.29) is 11.8 Å². The third kappa shape index (κ3) is 3.17. The van der Waals surface area contributed by atoms with Gasteiger partial charge in [-0.2, -0.15) is 8.78 Å². The molecule has 0 radical (unpaired) electrons. The lowest BCUT2D eigenvalue weighted by Gasteiger charge is -2.33. The molecule has 0 saturated carbocycles. The minimum absolute atomic E-state index is 0.0852. The molecule has 18 heavy (non-hydrogen) atoms. The molecule has 0 aromatic heterocycles. The van der Waals surface area contributed by atoms with Crippen LogP contribution in [-0.4, -0.2) is 37.7 Å². The molecule has 1 saturated heterocycles. The van der Waals surface area contributed by atoms with E-state index in [1.165, 1.54) is 0 Å². The number of hydrogen-bond acceptors (Lipinski definition) is 3. The van der Waals surface area contributed by atoms with Crippen molar-refractivity contribution in [3.63, 3.8) is 0 Å². The summed E-state index contributed by atoms with van der Waals surface area (Å²) in [5.74, 6) is 0.276. The van der Waals surface area contributed by atoms with E-state index >= 15 is 0 Å².